The lowest BCUT2D eigenvalue weighted by Gasteiger charge is -2.23. The Morgan fingerprint density at radius 2 is 1.88 bits per heavy atom. The molecule has 1 aliphatic rings. The average molecular weight is 467 g/mol. The van der Waals surface area contributed by atoms with Crippen molar-refractivity contribution in [3.8, 4) is 11.8 Å². The van der Waals surface area contributed by atoms with Crippen LogP contribution in [0.2, 0.25) is 5.02 Å². The minimum atomic E-state index is 0.0992. The van der Waals surface area contributed by atoms with Crippen LogP contribution in [0.5, 0.6) is 5.75 Å². The van der Waals surface area contributed by atoms with E-state index in [0.717, 1.165) is 48.2 Å². The first kappa shape index (κ1) is 22.1. The zero-order valence-corrected chi connectivity index (χ0v) is 19.1. The molecule has 1 amide bonds. The van der Waals surface area contributed by atoms with Crippen LogP contribution in [0.15, 0.2) is 53.9 Å². The molecule has 0 atom stereocenters. The van der Waals surface area contributed by atoms with Crippen molar-refractivity contribution >= 4 is 34.5 Å². The van der Waals surface area contributed by atoms with Crippen LogP contribution in [0.1, 0.15) is 22.7 Å². The van der Waals surface area contributed by atoms with Crippen molar-refractivity contribution in [3.05, 3.63) is 75.2 Å². The number of carbonyl (C=O) groups is 1. The van der Waals surface area contributed by atoms with Crippen LogP contribution in [0.25, 0.3) is 0 Å². The Labute approximate surface area is 196 Å². The van der Waals surface area contributed by atoms with Gasteiger partial charge in [-0.3, -0.25) is 4.79 Å². The molecule has 4 rings (SSSR count). The monoisotopic (exact) mass is 466 g/mol. The molecule has 32 heavy (non-hydrogen) atoms. The summed E-state index contributed by atoms with van der Waals surface area (Å²) >= 11 is 7.39. The summed E-state index contributed by atoms with van der Waals surface area (Å²) in [6.45, 7) is 3.44. The number of amides is 1. The largest absolute Gasteiger partial charge is 0.486 e. The second-order valence-corrected chi connectivity index (χ2v) is 8.91. The van der Waals surface area contributed by atoms with Crippen molar-refractivity contribution < 1.29 is 9.53 Å². The third-order valence-corrected chi connectivity index (χ3v) is 6.44. The molecule has 0 saturated carbocycles. The number of halogens is 1. The van der Waals surface area contributed by atoms with Gasteiger partial charge in [-0.15, -0.1) is 11.3 Å². The maximum atomic E-state index is 12.9. The van der Waals surface area contributed by atoms with Crippen LogP contribution in [0.3, 0.4) is 0 Å². The van der Waals surface area contributed by atoms with Gasteiger partial charge in [-0.05, 0) is 55.0 Å². The summed E-state index contributed by atoms with van der Waals surface area (Å²) in [5.41, 5.74) is 2.52. The van der Waals surface area contributed by atoms with Crippen LogP contribution in [-0.2, 0) is 17.8 Å². The van der Waals surface area contributed by atoms with E-state index in [4.69, 9.17) is 21.6 Å². The third kappa shape index (κ3) is 5.78. The third-order valence-electron chi connectivity index (χ3n) is 5.32. The quantitative estimate of drug-likeness (QED) is 0.534. The van der Waals surface area contributed by atoms with Crippen LogP contribution in [0, 0.1) is 11.3 Å². The fourth-order valence-corrected chi connectivity index (χ4v) is 4.44. The number of nitriles is 1. The zero-order valence-electron chi connectivity index (χ0n) is 17.5. The number of benzene rings is 2. The maximum absolute atomic E-state index is 12.9. The summed E-state index contributed by atoms with van der Waals surface area (Å²) in [4.78, 5) is 21.6. The number of hydrogen-bond donors (Lipinski definition) is 0. The first-order valence-corrected chi connectivity index (χ1v) is 11.7. The van der Waals surface area contributed by atoms with Crippen molar-refractivity contribution in [1.82, 2.24) is 9.88 Å². The molecule has 164 valence electrons. The van der Waals surface area contributed by atoms with E-state index in [2.05, 4.69) is 16.0 Å². The molecule has 1 saturated heterocycles. The Morgan fingerprint density at radius 1 is 1.09 bits per heavy atom. The van der Waals surface area contributed by atoms with Crippen molar-refractivity contribution in [2.45, 2.75) is 19.4 Å². The Hall–Kier alpha value is -3.08. The molecule has 1 fully saturated rings. The van der Waals surface area contributed by atoms with E-state index in [1.807, 2.05) is 46.7 Å². The second-order valence-electron chi connectivity index (χ2n) is 7.53. The van der Waals surface area contributed by atoms with E-state index in [-0.39, 0.29) is 5.91 Å². The molecule has 0 bridgehead atoms. The van der Waals surface area contributed by atoms with Gasteiger partial charge in [0.25, 0.3) is 0 Å². The van der Waals surface area contributed by atoms with Gasteiger partial charge in [0.1, 0.15) is 17.4 Å². The lowest BCUT2D eigenvalue weighted by molar-refractivity contribution is -0.130. The fraction of sp³-hybridized carbons (Fsp3) is 0.292. The Balaban J connectivity index is 1.28. The number of aromatic nitrogens is 1. The van der Waals surface area contributed by atoms with E-state index in [0.29, 0.717) is 30.2 Å². The van der Waals surface area contributed by atoms with Crippen molar-refractivity contribution in [2.24, 2.45) is 0 Å². The molecular formula is C24H23ClN4O2S. The smallest absolute Gasteiger partial charge is 0.228 e. The second kappa shape index (κ2) is 10.5. The number of nitrogens with zero attached hydrogens (tertiary/aromatic N) is 4. The molecule has 2 aromatic carbocycles. The van der Waals surface area contributed by atoms with Gasteiger partial charge >= 0.3 is 0 Å². The minimum absolute atomic E-state index is 0.0992. The Morgan fingerprint density at radius 3 is 2.62 bits per heavy atom. The minimum Gasteiger partial charge on any atom is -0.486 e. The lowest BCUT2D eigenvalue weighted by Crippen LogP contribution is -2.36. The molecule has 6 nitrogen and oxygen atoms in total. The van der Waals surface area contributed by atoms with Crippen LogP contribution < -0.4 is 9.64 Å². The van der Waals surface area contributed by atoms with E-state index >= 15 is 0 Å². The standard InChI is InChI=1S/C24H23ClN4O2S/c25-19-4-8-22(9-5-19)31-16-23-27-20(17-32-23)14-24(30)29-11-1-10-28(12-13-29)21-6-2-18(15-26)3-7-21/h2-9,17H,1,10-14,16H2. The molecule has 2 heterocycles. The Kier molecular flexibility index (Phi) is 7.25. The van der Waals surface area contributed by atoms with Crippen LogP contribution in [0.4, 0.5) is 5.69 Å². The van der Waals surface area contributed by atoms with Gasteiger partial charge in [0.15, 0.2) is 0 Å². The van der Waals surface area contributed by atoms with Gasteiger partial charge in [-0.1, -0.05) is 11.6 Å². The van der Waals surface area contributed by atoms with Crippen molar-refractivity contribution in [3.63, 3.8) is 0 Å². The molecule has 0 aliphatic carbocycles. The summed E-state index contributed by atoms with van der Waals surface area (Å²) in [5, 5.41) is 12.4. The summed E-state index contributed by atoms with van der Waals surface area (Å²) in [6.07, 6.45) is 1.21. The van der Waals surface area contributed by atoms with Gasteiger partial charge in [-0.2, -0.15) is 5.26 Å². The average Bonchev–Trinajstić information content (AvgIpc) is 3.11. The molecular weight excluding hydrogens is 444 g/mol. The molecule has 0 spiro atoms. The zero-order chi connectivity index (χ0) is 22.3. The van der Waals surface area contributed by atoms with Gasteiger partial charge in [-0.25, -0.2) is 4.98 Å². The summed E-state index contributed by atoms with van der Waals surface area (Å²) < 4.78 is 5.74. The van der Waals surface area contributed by atoms with Crippen LogP contribution in [-0.4, -0.2) is 42.0 Å². The highest BCUT2D eigenvalue weighted by atomic mass is 35.5. The van der Waals surface area contributed by atoms with E-state index in [9.17, 15) is 4.79 Å². The molecule has 3 aromatic rings. The number of carbonyl (C=O) groups excluding carboxylic acids is 1. The van der Waals surface area contributed by atoms with Gasteiger partial charge < -0.3 is 14.5 Å². The summed E-state index contributed by atoms with van der Waals surface area (Å²) in [7, 11) is 0. The molecule has 8 heteroatoms. The summed E-state index contributed by atoms with van der Waals surface area (Å²) in [5.74, 6) is 0.834. The number of ether oxygens (including phenoxy) is 1. The highest BCUT2D eigenvalue weighted by molar-refractivity contribution is 7.09. The van der Waals surface area contributed by atoms with Crippen molar-refractivity contribution in [1.29, 1.82) is 5.26 Å². The maximum Gasteiger partial charge on any atom is 0.228 e. The fourth-order valence-electron chi connectivity index (χ4n) is 3.61. The van der Waals surface area contributed by atoms with E-state index < -0.39 is 0 Å². The van der Waals surface area contributed by atoms with E-state index in [1.54, 1.807) is 12.1 Å². The van der Waals surface area contributed by atoms with Crippen LogP contribution >= 0.6 is 22.9 Å². The molecule has 1 aromatic heterocycles. The SMILES string of the molecule is N#Cc1ccc(N2CCCN(C(=O)Cc3csc(COc4ccc(Cl)cc4)n3)CC2)cc1. The molecule has 0 N–H and O–H groups in total. The predicted octanol–water partition coefficient (Wildman–Crippen LogP) is 4.53. The highest BCUT2D eigenvalue weighted by Crippen LogP contribution is 2.20. The number of hydrogen-bond acceptors (Lipinski definition) is 6. The molecule has 0 unspecified atom stereocenters. The molecule has 0 radical (unpaired) electrons. The first-order valence-electron chi connectivity index (χ1n) is 10.5. The molecule has 1 aliphatic heterocycles. The van der Waals surface area contributed by atoms with Gasteiger partial charge in [0.05, 0.1) is 23.7 Å². The number of rotatable bonds is 6. The van der Waals surface area contributed by atoms with Gasteiger partial charge in [0, 0.05) is 42.3 Å². The number of anilines is 1. The predicted molar refractivity (Wildman–Crippen MR) is 126 cm³/mol. The lowest BCUT2D eigenvalue weighted by atomic mass is 10.2. The normalized spacial score (nSPS) is 14.0. The Bertz CT molecular complexity index is 1090. The summed E-state index contributed by atoms with van der Waals surface area (Å²) in [6, 6.07) is 17.0. The topological polar surface area (TPSA) is 69.5 Å². The van der Waals surface area contributed by atoms with Gasteiger partial charge in [0.2, 0.25) is 5.91 Å². The highest BCUT2D eigenvalue weighted by Gasteiger charge is 2.20. The van der Waals surface area contributed by atoms with E-state index in [1.165, 1.54) is 11.3 Å². The van der Waals surface area contributed by atoms with Crippen molar-refractivity contribution in [2.75, 3.05) is 31.1 Å². The first-order chi connectivity index (χ1) is 15.6. The number of thiazole rings is 1.